The van der Waals surface area contributed by atoms with Crippen LogP contribution in [0.5, 0.6) is 5.75 Å². The van der Waals surface area contributed by atoms with E-state index < -0.39 is 0 Å². The molecule has 4 aromatic carbocycles. The quantitative estimate of drug-likeness (QED) is 0.254. The van der Waals surface area contributed by atoms with Crippen LogP contribution in [-0.2, 0) is 17.8 Å². The molecule has 4 nitrogen and oxygen atoms in total. The van der Waals surface area contributed by atoms with Crippen LogP contribution in [0.25, 0.3) is 10.8 Å². The Morgan fingerprint density at radius 2 is 1.69 bits per heavy atom. The Balaban J connectivity index is 1.42. The first-order valence-electron chi connectivity index (χ1n) is 10.0. The fourth-order valence-corrected chi connectivity index (χ4v) is 3.77. The second-order valence-corrected chi connectivity index (χ2v) is 8.08. The third kappa shape index (κ3) is 5.67. The number of halogens is 2. The SMILES string of the molecule is O=C(Cc1cccc2ccccc12)N/N=C\c1cc(Cl)ccc1OCc1cccc(Cl)c1. The molecule has 0 aromatic heterocycles. The van der Waals surface area contributed by atoms with Crippen LogP contribution in [0.1, 0.15) is 16.7 Å². The zero-order valence-corrected chi connectivity index (χ0v) is 18.6. The molecular weight excluding hydrogens is 443 g/mol. The van der Waals surface area contributed by atoms with Gasteiger partial charge in [-0.05, 0) is 52.2 Å². The van der Waals surface area contributed by atoms with Gasteiger partial charge in [-0.25, -0.2) is 5.43 Å². The van der Waals surface area contributed by atoms with Crippen LogP contribution in [0.3, 0.4) is 0 Å². The van der Waals surface area contributed by atoms with Crippen molar-refractivity contribution >= 4 is 46.1 Å². The topological polar surface area (TPSA) is 50.7 Å². The molecule has 0 aliphatic rings. The minimum absolute atomic E-state index is 0.207. The standard InChI is InChI=1S/C26H20Cl2N2O2/c27-22-9-3-5-18(13-22)17-32-25-12-11-23(28)14-21(25)16-29-30-26(31)15-20-8-4-7-19-6-1-2-10-24(19)20/h1-14,16H,15,17H2,(H,30,31)/b29-16-. The van der Waals surface area contributed by atoms with Gasteiger partial charge in [-0.3, -0.25) is 4.79 Å². The summed E-state index contributed by atoms with van der Waals surface area (Å²) in [6.07, 6.45) is 1.76. The van der Waals surface area contributed by atoms with Crippen molar-refractivity contribution in [3.05, 3.63) is 112 Å². The number of benzene rings is 4. The van der Waals surface area contributed by atoms with Gasteiger partial charge >= 0.3 is 0 Å². The number of rotatable bonds is 7. The van der Waals surface area contributed by atoms with Gasteiger partial charge in [0.2, 0.25) is 5.91 Å². The van der Waals surface area contributed by atoms with Crippen molar-refractivity contribution in [3.8, 4) is 5.75 Å². The molecule has 4 aromatic rings. The molecule has 160 valence electrons. The van der Waals surface area contributed by atoms with Crippen LogP contribution < -0.4 is 10.2 Å². The van der Waals surface area contributed by atoms with E-state index in [0.29, 0.717) is 28.0 Å². The summed E-state index contributed by atoms with van der Waals surface area (Å²) in [4.78, 5) is 12.4. The monoisotopic (exact) mass is 462 g/mol. The first-order valence-corrected chi connectivity index (χ1v) is 10.8. The minimum atomic E-state index is -0.207. The van der Waals surface area contributed by atoms with Gasteiger partial charge in [-0.2, -0.15) is 5.10 Å². The lowest BCUT2D eigenvalue weighted by Crippen LogP contribution is -2.20. The number of nitrogens with one attached hydrogen (secondary N) is 1. The summed E-state index contributed by atoms with van der Waals surface area (Å²) in [5.74, 6) is 0.391. The van der Waals surface area contributed by atoms with Crippen LogP contribution in [0, 0.1) is 0 Å². The maximum atomic E-state index is 12.4. The number of carbonyl (C=O) groups is 1. The van der Waals surface area contributed by atoms with Gasteiger partial charge in [0.25, 0.3) is 0 Å². The molecule has 0 heterocycles. The number of hydrogen-bond donors (Lipinski definition) is 1. The summed E-state index contributed by atoms with van der Waals surface area (Å²) in [5.41, 5.74) is 5.14. The maximum Gasteiger partial charge on any atom is 0.244 e. The van der Waals surface area contributed by atoms with Crippen molar-refractivity contribution in [2.75, 3.05) is 0 Å². The van der Waals surface area contributed by atoms with E-state index in [0.717, 1.165) is 21.9 Å². The third-order valence-electron chi connectivity index (χ3n) is 4.88. The first-order chi connectivity index (χ1) is 15.6. The molecule has 0 spiro atoms. The van der Waals surface area contributed by atoms with Crippen molar-refractivity contribution in [1.29, 1.82) is 0 Å². The predicted octanol–water partition coefficient (Wildman–Crippen LogP) is 6.42. The highest BCUT2D eigenvalue weighted by Crippen LogP contribution is 2.23. The Bertz CT molecular complexity index is 1280. The second kappa shape index (κ2) is 10.3. The Morgan fingerprint density at radius 1 is 0.906 bits per heavy atom. The van der Waals surface area contributed by atoms with Crippen molar-refractivity contribution in [1.82, 2.24) is 5.43 Å². The molecule has 6 heteroatoms. The van der Waals surface area contributed by atoms with Crippen molar-refractivity contribution in [2.45, 2.75) is 13.0 Å². The zero-order chi connectivity index (χ0) is 22.3. The van der Waals surface area contributed by atoms with E-state index in [1.54, 1.807) is 18.2 Å². The van der Waals surface area contributed by atoms with Crippen LogP contribution in [0.15, 0.2) is 90.0 Å². The third-order valence-corrected chi connectivity index (χ3v) is 5.35. The minimum Gasteiger partial charge on any atom is -0.488 e. The highest BCUT2D eigenvalue weighted by Gasteiger charge is 2.07. The number of hydrogen-bond acceptors (Lipinski definition) is 3. The number of ether oxygens (including phenoxy) is 1. The Kier molecular flexibility index (Phi) is 7.05. The van der Waals surface area contributed by atoms with Gasteiger partial charge < -0.3 is 4.74 Å². The van der Waals surface area contributed by atoms with Crippen molar-refractivity contribution < 1.29 is 9.53 Å². The molecule has 0 saturated heterocycles. The molecule has 0 atom stereocenters. The Morgan fingerprint density at radius 3 is 2.56 bits per heavy atom. The summed E-state index contributed by atoms with van der Waals surface area (Å²) in [5, 5.41) is 7.46. The number of nitrogens with zero attached hydrogens (tertiary/aromatic N) is 1. The van der Waals surface area contributed by atoms with Gasteiger partial charge in [0.05, 0.1) is 12.6 Å². The van der Waals surface area contributed by atoms with E-state index in [-0.39, 0.29) is 12.3 Å². The smallest absolute Gasteiger partial charge is 0.244 e. The van der Waals surface area contributed by atoms with Crippen LogP contribution in [-0.4, -0.2) is 12.1 Å². The Labute approximate surface area is 196 Å². The molecule has 0 aliphatic carbocycles. The fraction of sp³-hybridized carbons (Fsp3) is 0.0769. The van der Waals surface area contributed by atoms with E-state index in [9.17, 15) is 4.79 Å². The van der Waals surface area contributed by atoms with Crippen molar-refractivity contribution in [3.63, 3.8) is 0 Å². The molecule has 1 N–H and O–H groups in total. The van der Waals surface area contributed by atoms with E-state index in [1.165, 1.54) is 6.21 Å². The molecule has 0 bridgehead atoms. The molecule has 0 unspecified atom stereocenters. The number of hydrazone groups is 1. The lowest BCUT2D eigenvalue weighted by atomic mass is 10.0. The van der Waals surface area contributed by atoms with Crippen LogP contribution >= 0.6 is 23.2 Å². The maximum absolute atomic E-state index is 12.4. The van der Waals surface area contributed by atoms with Crippen molar-refractivity contribution in [2.24, 2.45) is 5.10 Å². The lowest BCUT2D eigenvalue weighted by molar-refractivity contribution is -0.120. The lowest BCUT2D eigenvalue weighted by Gasteiger charge is -2.10. The molecule has 0 radical (unpaired) electrons. The normalized spacial score (nSPS) is 11.1. The van der Waals surface area contributed by atoms with Gasteiger partial charge in [0.15, 0.2) is 0 Å². The number of carbonyl (C=O) groups excluding carboxylic acids is 1. The van der Waals surface area contributed by atoms with Gasteiger partial charge in [0.1, 0.15) is 12.4 Å². The largest absolute Gasteiger partial charge is 0.488 e. The van der Waals surface area contributed by atoms with E-state index in [4.69, 9.17) is 27.9 Å². The van der Waals surface area contributed by atoms with Gasteiger partial charge in [-0.15, -0.1) is 0 Å². The Hall–Kier alpha value is -3.34. The van der Waals surface area contributed by atoms with E-state index in [2.05, 4.69) is 10.5 Å². The fourth-order valence-electron chi connectivity index (χ4n) is 3.37. The average Bonchev–Trinajstić information content (AvgIpc) is 2.79. The van der Waals surface area contributed by atoms with Gasteiger partial charge in [-0.1, -0.05) is 77.8 Å². The van der Waals surface area contributed by atoms with E-state index in [1.807, 2.05) is 66.7 Å². The summed E-state index contributed by atoms with van der Waals surface area (Å²) in [7, 11) is 0. The molecule has 0 fully saturated rings. The number of amides is 1. The zero-order valence-electron chi connectivity index (χ0n) is 17.1. The highest BCUT2D eigenvalue weighted by molar-refractivity contribution is 6.31. The summed E-state index contributed by atoms with van der Waals surface area (Å²) in [6.45, 7) is 0.344. The summed E-state index contributed by atoms with van der Waals surface area (Å²) >= 11 is 12.2. The average molecular weight is 463 g/mol. The number of fused-ring (bicyclic) bond motifs is 1. The first kappa shape index (κ1) is 21.9. The van der Waals surface area contributed by atoms with Crippen LogP contribution in [0.4, 0.5) is 0 Å². The molecule has 4 rings (SSSR count). The molecular formula is C26H20Cl2N2O2. The van der Waals surface area contributed by atoms with E-state index >= 15 is 0 Å². The van der Waals surface area contributed by atoms with Crippen LogP contribution in [0.2, 0.25) is 10.0 Å². The second-order valence-electron chi connectivity index (χ2n) is 7.21. The summed E-state index contributed by atoms with van der Waals surface area (Å²) < 4.78 is 5.91. The molecule has 0 saturated carbocycles. The molecule has 32 heavy (non-hydrogen) atoms. The predicted molar refractivity (Wildman–Crippen MR) is 131 cm³/mol. The molecule has 1 amide bonds. The highest BCUT2D eigenvalue weighted by atomic mass is 35.5. The summed E-state index contributed by atoms with van der Waals surface area (Å²) in [6, 6.07) is 26.6. The van der Waals surface area contributed by atoms with Gasteiger partial charge in [0, 0.05) is 15.6 Å². The molecule has 0 aliphatic heterocycles.